The number of fused-ring (bicyclic) bond motifs is 1. The minimum absolute atomic E-state index is 0.357. The topological polar surface area (TPSA) is 63.0 Å². The van der Waals surface area contributed by atoms with Gasteiger partial charge in [0.15, 0.2) is 5.65 Å². The molecule has 0 amide bonds. The maximum atomic E-state index is 12.4. The molecular formula is C23H16N4O. The highest BCUT2D eigenvalue weighted by Gasteiger charge is 2.21. The number of nitrogens with one attached hydrogen (secondary N) is 1. The van der Waals surface area contributed by atoms with Gasteiger partial charge in [-0.05, 0) is 11.1 Å². The van der Waals surface area contributed by atoms with Crippen LogP contribution in [-0.2, 0) is 0 Å². The van der Waals surface area contributed by atoms with Crippen LogP contribution in [0.25, 0.3) is 39.2 Å². The quantitative estimate of drug-likeness (QED) is 0.515. The minimum atomic E-state index is -0.357. The zero-order valence-electron chi connectivity index (χ0n) is 14.9. The third-order valence-electron chi connectivity index (χ3n) is 4.73. The molecule has 0 aliphatic carbocycles. The van der Waals surface area contributed by atoms with E-state index in [1.54, 1.807) is 0 Å². The highest BCUT2D eigenvalue weighted by atomic mass is 16.2. The molecule has 1 N–H and O–H groups in total. The lowest BCUT2D eigenvalue weighted by Gasteiger charge is -2.16. The number of nitrogens with zero attached hydrogens (tertiary/aromatic N) is 3. The lowest BCUT2D eigenvalue weighted by molar-refractivity contribution is 0.886. The van der Waals surface area contributed by atoms with Gasteiger partial charge >= 0.3 is 5.69 Å². The third kappa shape index (κ3) is 2.61. The summed E-state index contributed by atoms with van der Waals surface area (Å²) in [7, 11) is 0. The average Bonchev–Trinajstić information content (AvgIpc) is 3.15. The van der Waals surface area contributed by atoms with Gasteiger partial charge in [0.2, 0.25) is 0 Å². The van der Waals surface area contributed by atoms with Crippen LogP contribution in [0.5, 0.6) is 0 Å². The van der Waals surface area contributed by atoms with E-state index in [-0.39, 0.29) is 5.69 Å². The summed E-state index contributed by atoms with van der Waals surface area (Å²) < 4.78 is 1.34. The SMILES string of the molecule is O=c1[nH]nc2c(-c3ccccc3)c(-c3ccccc3)c(-c3ccccc3)nn12. The van der Waals surface area contributed by atoms with Gasteiger partial charge in [-0.2, -0.15) is 14.7 Å². The Morgan fingerprint density at radius 3 is 1.71 bits per heavy atom. The Kier molecular flexibility index (Phi) is 3.84. The second-order valence-electron chi connectivity index (χ2n) is 6.46. The number of benzene rings is 3. The highest BCUT2D eigenvalue weighted by Crippen LogP contribution is 2.40. The Hall–Kier alpha value is -3.99. The number of hydrogen-bond acceptors (Lipinski definition) is 3. The van der Waals surface area contributed by atoms with Gasteiger partial charge in [-0.1, -0.05) is 91.0 Å². The summed E-state index contributed by atoms with van der Waals surface area (Å²) in [6.45, 7) is 0. The van der Waals surface area contributed by atoms with Crippen molar-refractivity contribution in [2.24, 2.45) is 0 Å². The first-order valence-corrected chi connectivity index (χ1v) is 9.00. The Morgan fingerprint density at radius 1 is 0.643 bits per heavy atom. The van der Waals surface area contributed by atoms with Crippen LogP contribution in [0, 0.1) is 0 Å². The molecule has 5 heteroatoms. The van der Waals surface area contributed by atoms with Crippen LogP contribution in [0.3, 0.4) is 0 Å². The molecule has 5 nitrogen and oxygen atoms in total. The summed E-state index contributed by atoms with van der Waals surface area (Å²) in [5.41, 5.74) is 5.65. The fourth-order valence-corrected chi connectivity index (χ4v) is 3.49. The number of H-pyrrole nitrogens is 1. The maximum absolute atomic E-state index is 12.4. The number of rotatable bonds is 3. The predicted octanol–water partition coefficient (Wildman–Crippen LogP) is 4.42. The summed E-state index contributed by atoms with van der Waals surface area (Å²) in [4.78, 5) is 12.4. The molecule has 134 valence electrons. The zero-order valence-corrected chi connectivity index (χ0v) is 14.9. The summed E-state index contributed by atoms with van der Waals surface area (Å²) in [5.74, 6) is 0. The molecule has 0 saturated carbocycles. The van der Waals surface area contributed by atoms with E-state index in [1.165, 1.54) is 4.52 Å². The molecule has 0 bridgehead atoms. The van der Waals surface area contributed by atoms with Crippen LogP contribution in [0.4, 0.5) is 0 Å². The molecule has 0 aliphatic heterocycles. The lowest BCUT2D eigenvalue weighted by atomic mass is 9.92. The molecule has 0 unspecified atom stereocenters. The standard InChI is InChI=1S/C23H16N4O/c28-23-25-24-22-20(17-12-6-2-7-13-17)19(16-10-4-1-5-11-16)21(26-27(22)23)18-14-8-3-9-15-18/h1-15H,(H,25,28). The number of hydrogen-bond donors (Lipinski definition) is 1. The van der Waals surface area contributed by atoms with Crippen LogP contribution in [-0.4, -0.2) is 19.8 Å². The van der Waals surface area contributed by atoms with Crippen molar-refractivity contribution in [1.82, 2.24) is 19.8 Å². The fraction of sp³-hybridized carbons (Fsp3) is 0. The molecule has 3 aromatic carbocycles. The Balaban J connectivity index is 1.99. The van der Waals surface area contributed by atoms with Crippen molar-refractivity contribution in [3.05, 3.63) is 101 Å². The van der Waals surface area contributed by atoms with E-state index in [1.807, 2.05) is 78.9 Å². The Bertz CT molecular complexity index is 1310. The summed E-state index contributed by atoms with van der Waals surface area (Å²) in [6, 6.07) is 30.0. The Morgan fingerprint density at radius 2 is 1.14 bits per heavy atom. The van der Waals surface area contributed by atoms with Gasteiger partial charge in [-0.25, -0.2) is 9.89 Å². The first-order chi connectivity index (χ1) is 13.8. The molecule has 5 rings (SSSR count). The van der Waals surface area contributed by atoms with Gasteiger partial charge in [-0.3, -0.25) is 0 Å². The van der Waals surface area contributed by atoms with Gasteiger partial charge in [-0.15, -0.1) is 0 Å². The van der Waals surface area contributed by atoms with Gasteiger partial charge in [0.25, 0.3) is 0 Å². The van der Waals surface area contributed by atoms with Gasteiger partial charge in [0.05, 0.1) is 0 Å². The molecule has 28 heavy (non-hydrogen) atoms. The monoisotopic (exact) mass is 364 g/mol. The van der Waals surface area contributed by atoms with Crippen molar-refractivity contribution in [2.75, 3.05) is 0 Å². The van der Waals surface area contributed by atoms with E-state index in [0.29, 0.717) is 5.65 Å². The van der Waals surface area contributed by atoms with Gasteiger partial charge in [0, 0.05) is 16.7 Å². The second-order valence-corrected chi connectivity index (χ2v) is 6.46. The maximum Gasteiger partial charge on any atom is 0.364 e. The van der Waals surface area contributed by atoms with E-state index < -0.39 is 0 Å². The van der Waals surface area contributed by atoms with E-state index in [4.69, 9.17) is 0 Å². The van der Waals surface area contributed by atoms with Crippen molar-refractivity contribution >= 4 is 5.65 Å². The van der Waals surface area contributed by atoms with E-state index in [2.05, 4.69) is 27.4 Å². The fourth-order valence-electron chi connectivity index (χ4n) is 3.49. The average molecular weight is 364 g/mol. The molecule has 2 aromatic heterocycles. The van der Waals surface area contributed by atoms with Crippen molar-refractivity contribution in [3.8, 4) is 33.5 Å². The minimum Gasteiger partial charge on any atom is -0.244 e. The largest absolute Gasteiger partial charge is 0.364 e. The summed E-state index contributed by atoms with van der Waals surface area (Å²) >= 11 is 0. The smallest absolute Gasteiger partial charge is 0.244 e. The summed E-state index contributed by atoms with van der Waals surface area (Å²) in [6.07, 6.45) is 0. The van der Waals surface area contributed by atoms with Crippen LogP contribution in [0.15, 0.2) is 95.8 Å². The van der Waals surface area contributed by atoms with Crippen molar-refractivity contribution in [3.63, 3.8) is 0 Å². The molecule has 2 heterocycles. The molecule has 0 spiro atoms. The molecule has 0 saturated heterocycles. The molecule has 0 radical (unpaired) electrons. The zero-order chi connectivity index (χ0) is 18.9. The van der Waals surface area contributed by atoms with Crippen molar-refractivity contribution in [1.29, 1.82) is 0 Å². The first-order valence-electron chi connectivity index (χ1n) is 9.00. The van der Waals surface area contributed by atoms with Crippen LogP contribution in [0.1, 0.15) is 0 Å². The van der Waals surface area contributed by atoms with E-state index in [9.17, 15) is 4.79 Å². The predicted molar refractivity (Wildman–Crippen MR) is 110 cm³/mol. The molecule has 0 fully saturated rings. The molecule has 5 aromatic rings. The van der Waals surface area contributed by atoms with Gasteiger partial charge in [0.1, 0.15) is 5.69 Å². The molecule has 0 aliphatic rings. The van der Waals surface area contributed by atoms with Crippen molar-refractivity contribution < 1.29 is 0 Å². The second kappa shape index (κ2) is 6.63. The molecule has 0 atom stereocenters. The summed E-state index contributed by atoms with van der Waals surface area (Å²) in [5, 5.41) is 11.5. The van der Waals surface area contributed by atoms with E-state index >= 15 is 0 Å². The van der Waals surface area contributed by atoms with Crippen molar-refractivity contribution in [2.45, 2.75) is 0 Å². The van der Waals surface area contributed by atoms with E-state index in [0.717, 1.165) is 33.5 Å². The van der Waals surface area contributed by atoms with Crippen LogP contribution in [0.2, 0.25) is 0 Å². The lowest BCUT2D eigenvalue weighted by Crippen LogP contribution is -2.14. The molecular weight excluding hydrogens is 348 g/mol. The third-order valence-corrected chi connectivity index (χ3v) is 4.73. The number of aromatic nitrogens is 4. The number of aromatic amines is 1. The normalized spacial score (nSPS) is 11.0. The van der Waals surface area contributed by atoms with Gasteiger partial charge < -0.3 is 0 Å². The van der Waals surface area contributed by atoms with Crippen LogP contribution >= 0.6 is 0 Å². The Labute approximate surface area is 160 Å². The highest BCUT2D eigenvalue weighted by molar-refractivity contribution is 5.98. The first kappa shape index (κ1) is 16.2. The van der Waals surface area contributed by atoms with Crippen LogP contribution < -0.4 is 5.69 Å².